The second-order valence-corrected chi connectivity index (χ2v) is 6.57. The number of hydrogen-bond donors (Lipinski definition) is 3. The van der Waals surface area contributed by atoms with Gasteiger partial charge in [-0.3, -0.25) is 9.59 Å². The molecule has 0 spiro atoms. The summed E-state index contributed by atoms with van der Waals surface area (Å²) in [5.41, 5.74) is -0.495. The van der Waals surface area contributed by atoms with Crippen LogP contribution in [0.5, 0.6) is 0 Å². The summed E-state index contributed by atoms with van der Waals surface area (Å²) in [5, 5.41) is 15.2. The molecule has 0 bridgehead atoms. The summed E-state index contributed by atoms with van der Waals surface area (Å²) < 4.78 is 0. The molecular formula is C16H32N2O3. The van der Waals surface area contributed by atoms with E-state index < -0.39 is 17.4 Å². The predicted octanol–water partition coefficient (Wildman–Crippen LogP) is 1.99. The van der Waals surface area contributed by atoms with Gasteiger partial charge in [0.15, 0.2) is 0 Å². The number of amides is 2. The van der Waals surface area contributed by atoms with Crippen LogP contribution in [0.25, 0.3) is 0 Å². The molecule has 5 nitrogen and oxygen atoms in total. The van der Waals surface area contributed by atoms with Crippen LogP contribution in [-0.4, -0.2) is 36.1 Å². The Morgan fingerprint density at radius 3 is 2.19 bits per heavy atom. The SMILES string of the molecule is CCCCCCCNC(=O)CCNC(=O)C(O)C(C)(C)C. The standard InChI is InChI=1S/C16H32N2O3/c1-5-6-7-8-9-11-17-13(19)10-12-18-15(21)14(20)16(2,3)4/h14,20H,5-12H2,1-4H3,(H,17,19)(H,18,21). The highest BCUT2D eigenvalue weighted by molar-refractivity contribution is 5.82. The molecule has 0 heterocycles. The highest BCUT2D eigenvalue weighted by Crippen LogP contribution is 2.18. The van der Waals surface area contributed by atoms with E-state index in [1.807, 2.05) is 0 Å². The van der Waals surface area contributed by atoms with Crippen LogP contribution >= 0.6 is 0 Å². The topological polar surface area (TPSA) is 78.4 Å². The summed E-state index contributed by atoms with van der Waals surface area (Å²) in [6.45, 7) is 8.51. The Hall–Kier alpha value is -1.10. The lowest BCUT2D eigenvalue weighted by atomic mass is 9.89. The smallest absolute Gasteiger partial charge is 0.249 e. The van der Waals surface area contributed by atoms with E-state index in [0.29, 0.717) is 6.54 Å². The maximum Gasteiger partial charge on any atom is 0.249 e. The molecule has 0 aliphatic carbocycles. The molecule has 0 saturated heterocycles. The third-order valence-electron chi connectivity index (χ3n) is 3.32. The molecule has 1 unspecified atom stereocenters. The minimum Gasteiger partial charge on any atom is -0.383 e. The Kier molecular flexibility index (Phi) is 10.0. The van der Waals surface area contributed by atoms with Gasteiger partial charge in [-0.15, -0.1) is 0 Å². The summed E-state index contributed by atoms with van der Waals surface area (Å²) in [7, 11) is 0. The highest BCUT2D eigenvalue weighted by atomic mass is 16.3. The number of hydrogen-bond acceptors (Lipinski definition) is 3. The number of rotatable bonds is 10. The minimum atomic E-state index is -1.06. The van der Waals surface area contributed by atoms with E-state index in [0.717, 1.165) is 12.8 Å². The van der Waals surface area contributed by atoms with Crippen molar-refractivity contribution in [3.8, 4) is 0 Å². The van der Waals surface area contributed by atoms with E-state index in [9.17, 15) is 14.7 Å². The quantitative estimate of drug-likeness (QED) is 0.540. The third-order valence-corrected chi connectivity index (χ3v) is 3.32. The second kappa shape index (κ2) is 10.6. The van der Waals surface area contributed by atoms with Crippen molar-refractivity contribution in [1.29, 1.82) is 0 Å². The molecule has 21 heavy (non-hydrogen) atoms. The van der Waals surface area contributed by atoms with Crippen molar-refractivity contribution in [3.63, 3.8) is 0 Å². The Morgan fingerprint density at radius 1 is 1.00 bits per heavy atom. The number of aliphatic hydroxyl groups excluding tert-OH is 1. The Morgan fingerprint density at radius 2 is 1.62 bits per heavy atom. The normalized spacial score (nSPS) is 12.8. The Labute approximate surface area is 128 Å². The van der Waals surface area contributed by atoms with Crippen molar-refractivity contribution >= 4 is 11.8 Å². The van der Waals surface area contributed by atoms with Gasteiger partial charge in [-0.05, 0) is 11.8 Å². The van der Waals surface area contributed by atoms with Crippen LogP contribution in [0.2, 0.25) is 0 Å². The molecule has 0 aliphatic rings. The van der Waals surface area contributed by atoms with Gasteiger partial charge in [-0.25, -0.2) is 0 Å². The summed E-state index contributed by atoms with van der Waals surface area (Å²) >= 11 is 0. The van der Waals surface area contributed by atoms with Gasteiger partial charge in [0, 0.05) is 19.5 Å². The van der Waals surface area contributed by atoms with Crippen LogP contribution in [0.15, 0.2) is 0 Å². The van der Waals surface area contributed by atoms with Crippen LogP contribution in [-0.2, 0) is 9.59 Å². The molecule has 0 aromatic heterocycles. The van der Waals surface area contributed by atoms with Crippen molar-refractivity contribution < 1.29 is 14.7 Å². The van der Waals surface area contributed by atoms with Crippen molar-refractivity contribution in [2.75, 3.05) is 13.1 Å². The van der Waals surface area contributed by atoms with Gasteiger partial charge in [0.25, 0.3) is 0 Å². The van der Waals surface area contributed by atoms with E-state index in [-0.39, 0.29) is 18.9 Å². The summed E-state index contributed by atoms with van der Waals surface area (Å²) in [4.78, 5) is 23.2. The number of aliphatic hydroxyl groups is 1. The van der Waals surface area contributed by atoms with Crippen molar-refractivity contribution in [2.45, 2.75) is 72.3 Å². The molecule has 1 atom stereocenters. The molecule has 0 aromatic rings. The lowest BCUT2D eigenvalue weighted by Crippen LogP contribution is -2.43. The van der Waals surface area contributed by atoms with Crippen LogP contribution in [0.3, 0.4) is 0 Å². The Bertz CT molecular complexity index is 311. The monoisotopic (exact) mass is 300 g/mol. The van der Waals surface area contributed by atoms with Crippen molar-refractivity contribution in [3.05, 3.63) is 0 Å². The molecule has 0 aromatic carbocycles. The van der Waals surface area contributed by atoms with Gasteiger partial charge in [0.05, 0.1) is 0 Å². The lowest BCUT2D eigenvalue weighted by Gasteiger charge is -2.24. The van der Waals surface area contributed by atoms with Gasteiger partial charge in [0.1, 0.15) is 6.10 Å². The zero-order valence-electron chi connectivity index (χ0n) is 14.0. The molecule has 5 heteroatoms. The number of nitrogens with one attached hydrogen (secondary N) is 2. The average molecular weight is 300 g/mol. The van der Waals surface area contributed by atoms with Crippen LogP contribution in [0.1, 0.15) is 66.2 Å². The maximum absolute atomic E-state index is 11.6. The second-order valence-electron chi connectivity index (χ2n) is 6.57. The van der Waals surface area contributed by atoms with Gasteiger partial charge in [-0.1, -0.05) is 53.4 Å². The maximum atomic E-state index is 11.6. The van der Waals surface area contributed by atoms with Gasteiger partial charge < -0.3 is 15.7 Å². The number of unbranched alkanes of at least 4 members (excludes halogenated alkanes) is 4. The number of carbonyl (C=O) groups excluding carboxylic acids is 2. The van der Waals surface area contributed by atoms with Crippen LogP contribution in [0, 0.1) is 5.41 Å². The Balaban J connectivity index is 3.64. The van der Waals surface area contributed by atoms with E-state index in [4.69, 9.17) is 0 Å². The van der Waals surface area contributed by atoms with E-state index in [2.05, 4.69) is 17.6 Å². The molecule has 124 valence electrons. The average Bonchev–Trinajstić information content (AvgIpc) is 2.40. The first-order valence-corrected chi connectivity index (χ1v) is 8.01. The molecule has 0 radical (unpaired) electrons. The first kappa shape index (κ1) is 19.9. The molecule has 0 fully saturated rings. The molecular weight excluding hydrogens is 268 g/mol. The zero-order valence-corrected chi connectivity index (χ0v) is 14.0. The fraction of sp³-hybridized carbons (Fsp3) is 0.875. The van der Waals surface area contributed by atoms with Crippen molar-refractivity contribution in [2.24, 2.45) is 5.41 Å². The molecule has 0 rings (SSSR count). The third kappa shape index (κ3) is 10.3. The van der Waals surface area contributed by atoms with Crippen LogP contribution < -0.4 is 10.6 Å². The molecule has 2 amide bonds. The van der Waals surface area contributed by atoms with Crippen molar-refractivity contribution in [1.82, 2.24) is 10.6 Å². The lowest BCUT2D eigenvalue weighted by molar-refractivity contribution is -0.134. The van der Waals surface area contributed by atoms with Gasteiger partial charge in [0.2, 0.25) is 11.8 Å². The first-order chi connectivity index (χ1) is 9.79. The fourth-order valence-corrected chi connectivity index (χ4v) is 1.83. The molecule has 0 aliphatic heterocycles. The molecule has 3 N–H and O–H groups in total. The minimum absolute atomic E-state index is 0.0592. The fourth-order valence-electron chi connectivity index (χ4n) is 1.83. The predicted molar refractivity (Wildman–Crippen MR) is 84.9 cm³/mol. The summed E-state index contributed by atoms with van der Waals surface area (Å²) in [6, 6.07) is 0. The molecule has 0 saturated carbocycles. The van der Waals surface area contributed by atoms with E-state index in [1.165, 1.54) is 19.3 Å². The van der Waals surface area contributed by atoms with Crippen LogP contribution in [0.4, 0.5) is 0 Å². The number of carbonyl (C=O) groups is 2. The largest absolute Gasteiger partial charge is 0.383 e. The summed E-state index contributed by atoms with van der Waals surface area (Å²) in [5.74, 6) is -0.481. The van der Waals surface area contributed by atoms with E-state index >= 15 is 0 Å². The van der Waals surface area contributed by atoms with E-state index in [1.54, 1.807) is 20.8 Å². The van der Waals surface area contributed by atoms with Gasteiger partial charge in [-0.2, -0.15) is 0 Å². The summed E-state index contributed by atoms with van der Waals surface area (Å²) in [6.07, 6.45) is 5.01. The van der Waals surface area contributed by atoms with Gasteiger partial charge >= 0.3 is 0 Å². The highest BCUT2D eigenvalue weighted by Gasteiger charge is 2.28. The first-order valence-electron chi connectivity index (χ1n) is 8.01. The zero-order chi connectivity index (χ0) is 16.3.